The maximum absolute atomic E-state index is 12.1. The number of aromatic nitrogens is 3. The van der Waals surface area contributed by atoms with E-state index in [1.165, 1.54) is 25.5 Å². The fourth-order valence-electron chi connectivity index (χ4n) is 3.02. The van der Waals surface area contributed by atoms with E-state index in [1.54, 1.807) is 17.0 Å². The lowest BCUT2D eigenvalue weighted by Crippen LogP contribution is -2.47. The van der Waals surface area contributed by atoms with Crippen LogP contribution in [0.4, 0.5) is 0 Å². The van der Waals surface area contributed by atoms with Crippen LogP contribution in [0.2, 0.25) is 5.15 Å². The Balaban J connectivity index is 1.95. The molecule has 3 heterocycles. The standard InChI is InChI=1S/C19H20ClN5O4/c1-3-18(27)25-7-12(9-26)29-16(8-25)11-4-14(24-17(20)5-11)13-6-15(19(28)21-2)23-10-22-13/h3-6,10,12,16,26H,1,7-9H2,2H3,(H,21,28)/t12-,16-/m1/s1. The summed E-state index contributed by atoms with van der Waals surface area (Å²) in [4.78, 5) is 37.9. The number of carbonyl (C=O) groups excluding carboxylic acids is 2. The van der Waals surface area contributed by atoms with Crippen molar-refractivity contribution in [2.24, 2.45) is 0 Å². The van der Waals surface area contributed by atoms with Crippen molar-refractivity contribution in [1.82, 2.24) is 25.2 Å². The van der Waals surface area contributed by atoms with Gasteiger partial charge in [0.2, 0.25) is 5.91 Å². The van der Waals surface area contributed by atoms with Crippen molar-refractivity contribution in [2.45, 2.75) is 12.2 Å². The summed E-state index contributed by atoms with van der Waals surface area (Å²) in [5, 5.41) is 12.2. The summed E-state index contributed by atoms with van der Waals surface area (Å²) < 4.78 is 5.91. The molecule has 29 heavy (non-hydrogen) atoms. The highest BCUT2D eigenvalue weighted by atomic mass is 35.5. The van der Waals surface area contributed by atoms with Gasteiger partial charge in [-0.05, 0) is 29.8 Å². The molecule has 2 N–H and O–H groups in total. The zero-order valence-corrected chi connectivity index (χ0v) is 16.5. The Labute approximate surface area is 172 Å². The molecule has 0 bridgehead atoms. The smallest absolute Gasteiger partial charge is 0.269 e. The fraction of sp³-hybridized carbons (Fsp3) is 0.316. The van der Waals surface area contributed by atoms with Crippen molar-refractivity contribution in [3.63, 3.8) is 0 Å². The Morgan fingerprint density at radius 1 is 1.34 bits per heavy atom. The van der Waals surface area contributed by atoms with E-state index >= 15 is 0 Å². The first kappa shape index (κ1) is 20.8. The minimum atomic E-state index is -0.535. The van der Waals surface area contributed by atoms with E-state index in [0.29, 0.717) is 17.0 Å². The number of carbonyl (C=O) groups is 2. The van der Waals surface area contributed by atoms with Gasteiger partial charge in [-0.25, -0.2) is 15.0 Å². The quantitative estimate of drug-likeness (QED) is 0.550. The Hall–Kier alpha value is -2.88. The molecule has 1 saturated heterocycles. The van der Waals surface area contributed by atoms with Crippen LogP contribution in [0.25, 0.3) is 11.4 Å². The molecule has 1 aliphatic rings. The molecule has 1 fully saturated rings. The van der Waals surface area contributed by atoms with Crippen LogP contribution in [0.1, 0.15) is 22.2 Å². The molecule has 3 rings (SSSR count). The topological polar surface area (TPSA) is 118 Å². The van der Waals surface area contributed by atoms with Gasteiger partial charge < -0.3 is 20.1 Å². The number of hydrogen-bond donors (Lipinski definition) is 2. The van der Waals surface area contributed by atoms with Gasteiger partial charge in [-0.2, -0.15) is 0 Å². The third-order valence-corrected chi connectivity index (χ3v) is 4.63. The van der Waals surface area contributed by atoms with Crippen molar-refractivity contribution in [3.8, 4) is 11.4 Å². The fourth-order valence-corrected chi connectivity index (χ4v) is 3.23. The third kappa shape index (κ3) is 4.76. The lowest BCUT2D eigenvalue weighted by Gasteiger charge is -2.37. The van der Waals surface area contributed by atoms with Gasteiger partial charge in [0.15, 0.2) is 0 Å². The zero-order valence-electron chi connectivity index (χ0n) is 15.7. The molecule has 0 radical (unpaired) electrons. The van der Waals surface area contributed by atoms with Crippen LogP contribution in [-0.2, 0) is 9.53 Å². The average molecular weight is 418 g/mol. The van der Waals surface area contributed by atoms with Gasteiger partial charge in [-0.15, -0.1) is 0 Å². The zero-order chi connectivity index (χ0) is 21.0. The van der Waals surface area contributed by atoms with E-state index in [9.17, 15) is 14.7 Å². The summed E-state index contributed by atoms with van der Waals surface area (Å²) in [5.41, 5.74) is 1.70. The lowest BCUT2D eigenvalue weighted by atomic mass is 10.1. The number of ether oxygens (including phenoxy) is 1. The molecule has 0 aromatic carbocycles. The molecule has 10 heteroatoms. The van der Waals surface area contributed by atoms with E-state index in [-0.39, 0.29) is 42.4 Å². The van der Waals surface area contributed by atoms with Gasteiger partial charge in [0.05, 0.1) is 30.6 Å². The van der Waals surface area contributed by atoms with Gasteiger partial charge >= 0.3 is 0 Å². The maximum Gasteiger partial charge on any atom is 0.269 e. The van der Waals surface area contributed by atoms with Gasteiger partial charge in [0.1, 0.15) is 23.3 Å². The summed E-state index contributed by atoms with van der Waals surface area (Å²) in [5.74, 6) is -0.598. The molecule has 9 nitrogen and oxygen atoms in total. The van der Waals surface area contributed by atoms with Crippen molar-refractivity contribution in [2.75, 3.05) is 26.7 Å². The van der Waals surface area contributed by atoms with Crippen molar-refractivity contribution in [1.29, 1.82) is 0 Å². The molecule has 1 aliphatic heterocycles. The maximum atomic E-state index is 12.1. The average Bonchev–Trinajstić information content (AvgIpc) is 2.77. The Morgan fingerprint density at radius 2 is 2.14 bits per heavy atom. The van der Waals surface area contributed by atoms with E-state index in [2.05, 4.69) is 26.8 Å². The number of aliphatic hydroxyl groups excluding tert-OH is 1. The van der Waals surface area contributed by atoms with Gasteiger partial charge in [0, 0.05) is 13.6 Å². The van der Waals surface area contributed by atoms with Gasteiger partial charge in [-0.1, -0.05) is 18.2 Å². The minimum Gasteiger partial charge on any atom is -0.394 e. The molecule has 2 aromatic heterocycles. The van der Waals surface area contributed by atoms with E-state index in [0.717, 1.165) is 0 Å². The number of nitrogens with zero attached hydrogens (tertiary/aromatic N) is 4. The number of amides is 2. The normalized spacial score (nSPS) is 18.9. The first-order valence-electron chi connectivity index (χ1n) is 8.84. The first-order valence-corrected chi connectivity index (χ1v) is 9.22. The molecular weight excluding hydrogens is 398 g/mol. The van der Waals surface area contributed by atoms with Crippen LogP contribution in [0.5, 0.6) is 0 Å². The molecule has 0 spiro atoms. The number of hydrogen-bond acceptors (Lipinski definition) is 7. The molecule has 0 unspecified atom stereocenters. The summed E-state index contributed by atoms with van der Waals surface area (Å²) in [6.45, 7) is 3.82. The second kappa shape index (κ2) is 9.08. The SMILES string of the molecule is C=CC(=O)N1C[C@H](CO)O[C@@H](c2cc(Cl)nc(-c3cc(C(=O)NC)ncn3)c2)C1. The summed E-state index contributed by atoms with van der Waals surface area (Å²) >= 11 is 6.21. The predicted octanol–water partition coefficient (Wildman–Crippen LogP) is 0.998. The molecule has 0 saturated carbocycles. The molecular formula is C19H20ClN5O4. The van der Waals surface area contributed by atoms with E-state index in [4.69, 9.17) is 16.3 Å². The van der Waals surface area contributed by atoms with Crippen molar-refractivity contribution >= 4 is 23.4 Å². The number of halogens is 1. The lowest BCUT2D eigenvalue weighted by molar-refractivity contribution is -0.144. The number of nitrogens with one attached hydrogen (secondary N) is 1. The van der Waals surface area contributed by atoms with Crippen LogP contribution in [0.15, 0.2) is 37.2 Å². The second-order valence-corrected chi connectivity index (χ2v) is 6.74. The largest absolute Gasteiger partial charge is 0.394 e. The van der Waals surface area contributed by atoms with Crippen LogP contribution in [0.3, 0.4) is 0 Å². The van der Waals surface area contributed by atoms with Crippen LogP contribution < -0.4 is 5.32 Å². The van der Waals surface area contributed by atoms with Gasteiger partial charge in [-0.3, -0.25) is 9.59 Å². The highest BCUT2D eigenvalue weighted by molar-refractivity contribution is 6.29. The van der Waals surface area contributed by atoms with Crippen LogP contribution >= 0.6 is 11.6 Å². The summed E-state index contributed by atoms with van der Waals surface area (Å²) in [6.07, 6.45) is 1.44. The predicted molar refractivity (Wildman–Crippen MR) is 105 cm³/mol. The third-order valence-electron chi connectivity index (χ3n) is 4.43. The number of aliphatic hydroxyl groups is 1. The van der Waals surface area contributed by atoms with Crippen LogP contribution in [-0.4, -0.2) is 69.6 Å². The minimum absolute atomic E-state index is 0.192. The van der Waals surface area contributed by atoms with E-state index in [1.807, 2.05) is 0 Å². The molecule has 2 amide bonds. The molecule has 0 aliphatic carbocycles. The molecule has 152 valence electrons. The van der Waals surface area contributed by atoms with Crippen LogP contribution in [0, 0.1) is 0 Å². The molecule has 2 atom stereocenters. The highest BCUT2D eigenvalue weighted by Gasteiger charge is 2.31. The molecule has 2 aromatic rings. The first-order chi connectivity index (χ1) is 13.9. The monoisotopic (exact) mass is 417 g/mol. The van der Waals surface area contributed by atoms with Crippen molar-refractivity contribution < 1.29 is 19.4 Å². The number of pyridine rings is 1. The van der Waals surface area contributed by atoms with Crippen molar-refractivity contribution in [3.05, 3.63) is 53.6 Å². The van der Waals surface area contributed by atoms with Gasteiger partial charge in [0.25, 0.3) is 5.91 Å². The summed E-state index contributed by atoms with van der Waals surface area (Å²) in [6, 6.07) is 4.86. The summed E-state index contributed by atoms with van der Waals surface area (Å²) in [7, 11) is 1.51. The highest BCUT2D eigenvalue weighted by Crippen LogP contribution is 2.29. The Morgan fingerprint density at radius 3 is 2.83 bits per heavy atom. The Bertz CT molecular complexity index is 939. The number of morpholine rings is 1. The Kier molecular flexibility index (Phi) is 6.53. The van der Waals surface area contributed by atoms with E-state index < -0.39 is 12.2 Å². The number of rotatable bonds is 5. The second-order valence-electron chi connectivity index (χ2n) is 6.35.